The van der Waals surface area contributed by atoms with Crippen molar-refractivity contribution in [3.63, 3.8) is 0 Å². The number of anilines is 1. The van der Waals surface area contributed by atoms with Crippen molar-refractivity contribution in [2.45, 2.75) is 0 Å². The van der Waals surface area contributed by atoms with Crippen molar-refractivity contribution in [2.24, 2.45) is 5.10 Å². The van der Waals surface area contributed by atoms with Gasteiger partial charge < -0.3 is 14.2 Å². The van der Waals surface area contributed by atoms with Crippen molar-refractivity contribution < 1.29 is 19.1 Å². The van der Waals surface area contributed by atoms with Crippen LogP contribution in [0, 0.1) is 10.1 Å². The first-order valence-electron chi connectivity index (χ1n) is 8.35. The van der Waals surface area contributed by atoms with E-state index in [9.17, 15) is 10.1 Å². The number of benzene rings is 2. The minimum absolute atomic E-state index is 0.124. The minimum Gasteiger partial charge on any atom is -0.493 e. The number of ether oxygens (including phenoxy) is 3. The zero-order chi connectivity index (χ0) is 20.8. The van der Waals surface area contributed by atoms with Crippen molar-refractivity contribution in [2.75, 3.05) is 26.8 Å². The normalized spacial score (nSPS) is 10.7. The van der Waals surface area contributed by atoms with E-state index in [0.717, 1.165) is 11.3 Å². The summed E-state index contributed by atoms with van der Waals surface area (Å²) in [5, 5.41) is 17.7. The van der Waals surface area contributed by atoms with Gasteiger partial charge in [-0.2, -0.15) is 5.10 Å². The Labute approximate surface area is 170 Å². The van der Waals surface area contributed by atoms with Gasteiger partial charge in [-0.1, -0.05) is 0 Å². The highest BCUT2D eigenvalue weighted by atomic mass is 32.1. The molecule has 0 aliphatic carbocycles. The lowest BCUT2D eigenvalue weighted by Gasteiger charge is -2.08. The Morgan fingerprint density at radius 1 is 1.07 bits per heavy atom. The molecule has 0 amide bonds. The Balaban J connectivity index is 1.73. The van der Waals surface area contributed by atoms with Crippen LogP contribution in [0.5, 0.6) is 17.2 Å². The summed E-state index contributed by atoms with van der Waals surface area (Å²) in [6, 6.07) is 10.1. The van der Waals surface area contributed by atoms with Gasteiger partial charge >= 0.3 is 5.69 Å². The molecule has 29 heavy (non-hydrogen) atoms. The van der Waals surface area contributed by atoms with Crippen molar-refractivity contribution in [1.82, 2.24) is 4.98 Å². The maximum atomic E-state index is 11.1. The SMILES string of the molecule is COc1ccc(-c2csc(N/N=C\c3ccc(OC)c([N+](=O)[O-])c3)n2)cc1OC. The molecule has 0 aliphatic rings. The van der Waals surface area contributed by atoms with Gasteiger partial charge in [-0.25, -0.2) is 4.98 Å². The van der Waals surface area contributed by atoms with Gasteiger partial charge in [-0.3, -0.25) is 15.5 Å². The zero-order valence-corrected chi connectivity index (χ0v) is 16.7. The number of nitro groups is 1. The van der Waals surface area contributed by atoms with Crippen LogP contribution < -0.4 is 19.6 Å². The third-order valence-corrected chi connectivity index (χ3v) is 4.70. The van der Waals surface area contributed by atoms with Crippen molar-refractivity contribution in [3.05, 3.63) is 57.5 Å². The summed E-state index contributed by atoms with van der Waals surface area (Å²) in [5.74, 6) is 1.45. The van der Waals surface area contributed by atoms with E-state index in [-0.39, 0.29) is 11.4 Å². The standard InChI is InChI=1S/C19H18N4O5S/c1-26-16-6-4-12(8-15(16)23(24)25)10-20-22-19-21-14(11-29-19)13-5-7-17(27-2)18(9-13)28-3/h4-11H,1-3H3,(H,21,22)/b20-10-. The summed E-state index contributed by atoms with van der Waals surface area (Å²) in [6.45, 7) is 0. The number of nitrogens with one attached hydrogen (secondary N) is 1. The number of rotatable bonds is 8. The lowest BCUT2D eigenvalue weighted by molar-refractivity contribution is -0.385. The fraction of sp³-hybridized carbons (Fsp3) is 0.158. The number of nitro benzene ring substituents is 1. The summed E-state index contributed by atoms with van der Waals surface area (Å²) in [4.78, 5) is 15.1. The first-order valence-corrected chi connectivity index (χ1v) is 9.23. The summed E-state index contributed by atoms with van der Waals surface area (Å²) in [7, 11) is 4.54. The van der Waals surface area contributed by atoms with Gasteiger partial charge in [0.1, 0.15) is 0 Å². The third-order valence-electron chi connectivity index (χ3n) is 3.96. The summed E-state index contributed by atoms with van der Waals surface area (Å²) in [6.07, 6.45) is 1.48. The third kappa shape index (κ3) is 4.61. The lowest BCUT2D eigenvalue weighted by atomic mass is 10.1. The van der Waals surface area contributed by atoms with E-state index in [4.69, 9.17) is 14.2 Å². The smallest absolute Gasteiger partial charge is 0.311 e. The Bertz CT molecular complexity index is 1050. The first kappa shape index (κ1) is 20.1. The molecule has 10 heteroatoms. The fourth-order valence-electron chi connectivity index (χ4n) is 2.55. The molecule has 9 nitrogen and oxygen atoms in total. The quantitative estimate of drug-likeness (QED) is 0.334. The van der Waals surface area contributed by atoms with Crippen LogP contribution in [0.2, 0.25) is 0 Å². The van der Waals surface area contributed by atoms with Crippen LogP contribution in [0.25, 0.3) is 11.3 Å². The van der Waals surface area contributed by atoms with Gasteiger partial charge in [0.2, 0.25) is 5.13 Å². The largest absolute Gasteiger partial charge is 0.493 e. The Hall–Kier alpha value is -3.66. The van der Waals surface area contributed by atoms with E-state index in [1.807, 2.05) is 23.6 Å². The molecule has 0 radical (unpaired) electrons. The number of methoxy groups -OCH3 is 3. The number of hydrazone groups is 1. The Morgan fingerprint density at radius 2 is 1.79 bits per heavy atom. The molecule has 0 spiro atoms. The van der Waals surface area contributed by atoms with Crippen LogP contribution >= 0.6 is 11.3 Å². The zero-order valence-electron chi connectivity index (χ0n) is 15.9. The summed E-state index contributed by atoms with van der Waals surface area (Å²) < 4.78 is 15.5. The minimum atomic E-state index is -0.500. The van der Waals surface area contributed by atoms with E-state index in [2.05, 4.69) is 15.5 Å². The average molecular weight is 414 g/mol. The molecule has 1 N–H and O–H groups in total. The number of thiazole rings is 1. The Morgan fingerprint density at radius 3 is 2.48 bits per heavy atom. The van der Waals surface area contributed by atoms with Crippen molar-refractivity contribution >= 4 is 28.4 Å². The molecule has 0 saturated carbocycles. The molecule has 0 aliphatic heterocycles. The van der Waals surface area contributed by atoms with Crippen LogP contribution in [0.15, 0.2) is 46.9 Å². The van der Waals surface area contributed by atoms with Gasteiger partial charge in [0.05, 0.1) is 38.2 Å². The molecule has 0 bridgehead atoms. The van der Waals surface area contributed by atoms with Gasteiger partial charge in [0.25, 0.3) is 0 Å². The van der Waals surface area contributed by atoms with E-state index in [1.54, 1.807) is 20.3 Å². The first-order chi connectivity index (χ1) is 14.0. The maximum Gasteiger partial charge on any atom is 0.311 e. The molecular weight excluding hydrogens is 396 g/mol. The second-order valence-corrected chi connectivity index (χ2v) is 6.52. The van der Waals surface area contributed by atoms with Gasteiger partial charge in [-0.05, 0) is 30.3 Å². The molecule has 0 fully saturated rings. The van der Waals surface area contributed by atoms with Crippen LogP contribution in [-0.4, -0.2) is 37.5 Å². The molecule has 1 aromatic heterocycles. The monoisotopic (exact) mass is 414 g/mol. The highest BCUT2D eigenvalue weighted by molar-refractivity contribution is 7.14. The number of nitrogens with zero attached hydrogens (tertiary/aromatic N) is 3. The maximum absolute atomic E-state index is 11.1. The van der Waals surface area contributed by atoms with E-state index in [1.165, 1.54) is 36.8 Å². The fourth-order valence-corrected chi connectivity index (χ4v) is 3.21. The lowest BCUT2D eigenvalue weighted by Crippen LogP contribution is -1.96. The Kier molecular flexibility index (Phi) is 6.25. The van der Waals surface area contributed by atoms with Crippen LogP contribution in [0.3, 0.4) is 0 Å². The molecule has 3 rings (SSSR count). The van der Waals surface area contributed by atoms with Crippen LogP contribution in [0.4, 0.5) is 10.8 Å². The molecule has 3 aromatic rings. The van der Waals surface area contributed by atoms with Crippen LogP contribution in [-0.2, 0) is 0 Å². The second kappa shape index (κ2) is 9.02. The van der Waals surface area contributed by atoms with Gasteiger partial charge in [0, 0.05) is 22.6 Å². The predicted molar refractivity (Wildman–Crippen MR) is 112 cm³/mol. The van der Waals surface area contributed by atoms with E-state index < -0.39 is 4.92 Å². The van der Waals surface area contributed by atoms with Gasteiger partial charge in [-0.15, -0.1) is 11.3 Å². The molecule has 0 atom stereocenters. The highest BCUT2D eigenvalue weighted by Gasteiger charge is 2.14. The van der Waals surface area contributed by atoms with Crippen molar-refractivity contribution in [1.29, 1.82) is 0 Å². The number of hydrogen-bond donors (Lipinski definition) is 1. The molecule has 150 valence electrons. The number of hydrogen-bond acceptors (Lipinski definition) is 9. The topological polar surface area (TPSA) is 108 Å². The van der Waals surface area contributed by atoms with Crippen LogP contribution in [0.1, 0.15) is 5.56 Å². The molecular formula is C19H18N4O5S. The molecule has 0 saturated heterocycles. The molecule has 2 aromatic carbocycles. The number of aromatic nitrogens is 1. The summed E-state index contributed by atoms with van der Waals surface area (Å²) >= 11 is 1.38. The summed E-state index contributed by atoms with van der Waals surface area (Å²) in [5.41, 5.74) is 4.90. The van der Waals surface area contributed by atoms with E-state index in [0.29, 0.717) is 22.2 Å². The second-order valence-electron chi connectivity index (χ2n) is 5.67. The molecule has 1 heterocycles. The molecule has 0 unspecified atom stereocenters. The van der Waals surface area contributed by atoms with E-state index >= 15 is 0 Å². The highest BCUT2D eigenvalue weighted by Crippen LogP contribution is 2.33. The van der Waals surface area contributed by atoms with Crippen molar-refractivity contribution in [3.8, 4) is 28.5 Å². The van der Waals surface area contributed by atoms with Gasteiger partial charge in [0.15, 0.2) is 17.2 Å². The average Bonchev–Trinajstić information content (AvgIpc) is 3.22. The predicted octanol–water partition coefficient (Wildman–Crippen LogP) is 4.19.